The number of aromatic nitrogens is 2. The second kappa shape index (κ2) is 4.49. The molecule has 2 aromatic rings. The third-order valence-electron chi connectivity index (χ3n) is 2.65. The van der Waals surface area contributed by atoms with Crippen molar-refractivity contribution in [2.75, 3.05) is 6.54 Å². The molecule has 0 amide bonds. The average molecular weight is 215 g/mol. The summed E-state index contributed by atoms with van der Waals surface area (Å²) in [5, 5.41) is 0. The molecule has 16 heavy (non-hydrogen) atoms. The van der Waals surface area contributed by atoms with E-state index in [0.29, 0.717) is 6.54 Å². The van der Waals surface area contributed by atoms with Gasteiger partial charge in [0.1, 0.15) is 5.82 Å². The van der Waals surface area contributed by atoms with Gasteiger partial charge in [-0.15, -0.1) is 0 Å². The molecule has 1 aromatic carbocycles. The van der Waals surface area contributed by atoms with Crippen molar-refractivity contribution < 1.29 is 0 Å². The van der Waals surface area contributed by atoms with Crippen molar-refractivity contribution in [3.63, 3.8) is 0 Å². The van der Waals surface area contributed by atoms with Crippen LogP contribution in [0, 0.1) is 13.8 Å². The molecule has 0 fully saturated rings. The van der Waals surface area contributed by atoms with Crippen LogP contribution in [0.2, 0.25) is 0 Å². The summed E-state index contributed by atoms with van der Waals surface area (Å²) in [4.78, 5) is 4.39. The standard InChI is InChI=1S/C13H17N3/c1-10-9-16(11(2)15-10)13-5-3-12(4-6-13)7-8-14/h3-6,9H,7-8,14H2,1-2H3. The van der Waals surface area contributed by atoms with E-state index >= 15 is 0 Å². The van der Waals surface area contributed by atoms with Gasteiger partial charge in [0.25, 0.3) is 0 Å². The highest BCUT2D eigenvalue weighted by atomic mass is 15.1. The summed E-state index contributed by atoms with van der Waals surface area (Å²) in [6.45, 7) is 4.72. The van der Waals surface area contributed by atoms with Crippen LogP contribution in [0.1, 0.15) is 17.1 Å². The topological polar surface area (TPSA) is 43.8 Å². The minimum Gasteiger partial charge on any atom is -0.330 e. The van der Waals surface area contributed by atoms with E-state index < -0.39 is 0 Å². The van der Waals surface area contributed by atoms with Gasteiger partial charge in [0.2, 0.25) is 0 Å². The maximum atomic E-state index is 5.52. The van der Waals surface area contributed by atoms with Crippen LogP contribution in [-0.4, -0.2) is 16.1 Å². The lowest BCUT2D eigenvalue weighted by Gasteiger charge is -2.06. The van der Waals surface area contributed by atoms with E-state index in [1.165, 1.54) is 5.56 Å². The molecular formula is C13H17N3. The quantitative estimate of drug-likeness (QED) is 0.851. The molecule has 2 N–H and O–H groups in total. The zero-order valence-electron chi connectivity index (χ0n) is 9.77. The van der Waals surface area contributed by atoms with E-state index in [1.807, 2.05) is 20.0 Å². The number of rotatable bonds is 3. The summed E-state index contributed by atoms with van der Waals surface area (Å²) in [6.07, 6.45) is 2.98. The van der Waals surface area contributed by atoms with Crippen molar-refractivity contribution in [2.24, 2.45) is 5.73 Å². The highest BCUT2D eigenvalue weighted by molar-refractivity contribution is 5.36. The second-order valence-electron chi connectivity index (χ2n) is 4.00. The average Bonchev–Trinajstić information content (AvgIpc) is 2.59. The molecule has 2 rings (SSSR count). The highest BCUT2D eigenvalue weighted by Gasteiger charge is 2.02. The van der Waals surface area contributed by atoms with Crippen LogP contribution in [0.25, 0.3) is 5.69 Å². The van der Waals surface area contributed by atoms with Gasteiger partial charge in [-0.1, -0.05) is 12.1 Å². The summed E-state index contributed by atoms with van der Waals surface area (Å²) < 4.78 is 2.10. The number of hydrogen-bond donors (Lipinski definition) is 1. The predicted octanol–water partition coefficient (Wildman–Crippen LogP) is 1.99. The molecule has 3 nitrogen and oxygen atoms in total. The molecular weight excluding hydrogens is 198 g/mol. The molecule has 0 unspecified atom stereocenters. The number of benzene rings is 1. The first kappa shape index (κ1) is 10.9. The first-order valence-electron chi connectivity index (χ1n) is 5.52. The molecule has 84 valence electrons. The Labute approximate surface area is 95.9 Å². The number of nitrogens with zero attached hydrogens (tertiary/aromatic N) is 2. The Bertz CT molecular complexity index is 468. The van der Waals surface area contributed by atoms with E-state index in [4.69, 9.17) is 5.73 Å². The van der Waals surface area contributed by atoms with Gasteiger partial charge >= 0.3 is 0 Å². The minimum absolute atomic E-state index is 0.697. The molecule has 0 atom stereocenters. The maximum Gasteiger partial charge on any atom is 0.110 e. The Kier molecular flexibility index (Phi) is 3.06. The van der Waals surface area contributed by atoms with Crippen molar-refractivity contribution in [2.45, 2.75) is 20.3 Å². The predicted molar refractivity (Wildman–Crippen MR) is 65.8 cm³/mol. The lowest BCUT2D eigenvalue weighted by Crippen LogP contribution is -2.03. The van der Waals surface area contributed by atoms with Crippen molar-refractivity contribution >= 4 is 0 Å². The van der Waals surface area contributed by atoms with E-state index in [0.717, 1.165) is 23.6 Å². The fraction of sp³-hybridized carbons (Fsp3) is 0.308. The van der Waals surface area contributed by atoms with Gasteiger partial charge in [-0.2, -0.15) is 0 Å². The smallest absolute Gasteiger partial charge is 0.110 e. The molecule has 1 aromatic heterocycles. The summed E-state index contributed by atoms with van der Waals surface area (Å²) >= 11 is 0. The van der Waals surface area contributed by atoms with E-state index in [9.17, 15) is 0 Å². The summed E-state index contributed by atoms with van der Waals surface area (Å²) in [5.74, 6) is 1.02. The first-order valence-corrected chi connectivity index (χ1v) is 5.52. The fourth-order valence-corrected chi connectivity index (χ4v) is 1.87. The Balaban J connectivity index is 2.31. The summed E-state index contributed by atoms with van der Waals surface area (Å²) in [6, 6.07) is 8.46. The molecule has 0 aliphatic rings. The van der Waals surface area contributed by atoms with Gasteiger partial charge in [-0.3, -0.25) is 0 Å². The van der Waals surface area contributed by atoms with Crippen molar-refractivity contribution in [3.05, 3.63) is 47.5 Å². The largest absolute Gasteiger partial charge is 0.330 e. The third-order valence-corrected chi connectivity index (χ3v) is 2.65. The van der Waals surface area contributed by atoms with Gasteiger partial charge in [0.05, 0.1) is 5.69 Å². The van der Waals surface area contributed by atoms with E-state index in [1.54, 1.807) is 0 Å². The molecule has 0 bridgehead atoms. The van der Waals surface area contributed by atoms with Gasteiger partial charge in [-0.25, -0.2) is 4.98 Å². The van der Waals surface area contributed by atoms with Crippen LogP contribution >= 0.6 is 0 Å². The fourth-order valence-electron chi connectivity index (χ4n) is 1.87. The lowest BCUT2D eigenvalue weighted by molar-refractivity contribution is 0.952. The third kappa shape index (κ3) is 2.14. The Morgan fingerprint density at radius 2 is 1.88 bits per heavy atom. The van der Waals surface area contributed by atoms with Crippen LogP contribution < -0.4 is 5.73 Å². The van der Waals surface area contributed by atoms with Crippen LogP contribution in [0.4, 0.5) is 0 Å². The van der Waals surface area contributed by atoms with Gasteiger partial charge in [-0.05, 0) is 44.5 Å². The highest BCUT2D eigenvalue weighted by Crippen LogP contribution is 2.13. The van der Waals surface area contributed by atoms with Gasteiger partial charge in [0.15, 0.2) is 0 Å². The molecule has 0 aliphatic heterocycles. The van der Waals surface area contributed by atoms with Crippen LogP contribution in [0.3, 0.4) is 0 Å². The molecule has 0 radical (unpaired) electrons. The number of hydrogen-bond acceptors (Lipinski definition) is 2. The van der Waals surface area contributed by atoms with Crippen molar-refractivity contribution in [3.8, 4) is 5.69 Å². The SMILES string of the molecule is Cc1cn(-c2ccc(CCN)cc2)c(C)n1. The summed E-state index contributed by atoms with van der Waals surface area (Å²) in [7, 11) is 0. The Hall–Kier alpha value is -1.61. The first-order chi connectivity index (χ1) is 7.70. The van der Waals surface area contributed by atoms with Crippen molar-refractivity contribution in [1.82, 2.24) is 9.55 Å². The Morgan fingerprint density at radius 1 is 1.19 bits per heavy atom. The van der Waals surface area contributed by atoms with E-state index in [-0.39, 0.29) is 0 Å². The number of aryl methyl sites for hydroxylation is 2. The summed E-state index contributed by atoms with van der Waals surface area (Å²) in [5.41, 5.74) is 9.00. The zero-order valence-corrected chi connectivity index (χ0v) is 9.77. The van der Waals surface area contributed by atoms with Crippen LogP contribution in [0.5, 0.6) is 0 Å². The number of nitrogens with two attached hydrogens (primary N) is 1. The lowest BCUT2D eigenvalue weighted by atomic mass is 10.1. The Morgan fingerprint density at radius 3 is 2.38 bits per heavy atom. The number of imidazole rings is 1. The van der Waals surface area contributed by atoms with Gasteiger partial charge in [0, 0.05) is 11.9 Å². The molecule has 0 saturated heterocycles. The van der Waals surface area contributed by atoms with Crippen LogP contribution in [-0.2, 0) is 6.42 Å². The van der Waals surface area contributed by atoms with Crippen molar-refractivity contribution in [1.29, 1.82) is 0 Å². The second-order valence-corrected chi connectivity index (χ2v) is 4.00. The van der Waals surface area contributed by atoms with E-state index in [2.05, 4.69) is 33.8 Å². The van der Waals surface area contributed by atoms with Gasteiger partial charge < -0.3 is 10.3 Å². The molecule has 0 spiro atoms. The molecule has 0 saturated carbocycles. The minimum atomic E-state index is 0.697. The maximum absolute atomic E-state index is 5.52. The van der Waals surface area contributed by atoms with Crippen LogP contribution in [0.15, 0.2) is 30.5 Å². The normalized spacial score (nSPS) is 10.7. The molecule has 0 aliphatic carbocycles. The monoisotopic (exact) mass is 215 g/mol. The molecule has 1 heterocycles. The molecule has 3 heteroatoms. The zero-order chi connectivity index (χ0) is 11.5.